The summed E-state index contributed by atoms with van der Waals surface area (Å²) in [4.78, 5) is 19.3. The summed E-state index contributed by atoms with van der Waals surface area (Å²) in [7, 11) is 0. The van der Waals surface area contributed by atoms with Crippen LogP contribution >= 0.6 is 0 Å². The molecule has 0 saturated heterocycles. The minimum absolute atomic E-state index is 0.0302. The number of nitro groups is 1. The van der Waals surface area contributed by atoms with Gasteiger partial charge in [0.25, 0.3) is 5.69 Å². The third-order valence-electron chi connectivity index (χ3n) is 3.88. The molecule has 0 spiro atoms. The molecule has 0 N–H and O–H groups in total. The Bertz CT molecular complexity index is 1080. The van der Waals surface area contributed by atoms with Crippen LogP contribution < -0.4 is 4.74 Å². The second-order valence-electron chi connectivity index (χ2n) is 5.62. The van der Waals surface area contributed by atoms with Crippen molar-refractivity contribution in [3.05, 3.63) is 89.1 Å². The summed E-state index contributed by atoms with van der Waals surface area (Å²) in [6.07, 6.45) is 1.74. The molecule has 0 aliphatic carbocycles. The zero-order valence-corrected chi connectivity index (χ0v) is 13.6. The molecule has 0 atom stereocenters. The van der Waals surface area contributed by atoms with Gasteiger partial charge >= 0.3 is 0 Å². The fraction of sp³-hybridized carbons (Fsp3) is 0. The molecule has 6 nitrogen and oxygen atoms in total. The van der Waals surface area contributed by atoms with Crippen LogP contribution in [0.3, 0.4) is 0 Å². The molecule has 1 heterocycles. The molecule has 0 unspecified atom stereocenters. The molecule has 126 valence electrons. The summed E-state index contributed by atoms with van der Waals surface area (Å²) in [5.41, 5.74) is 3.44. The first-order chi connectivity index (χ1) is 12.7. The van der Waals surface area contributed by atoms with Crippen molar-refractivity contribution in [3.8, 4) is 22.8 Å². The van der Waals surface area contributed by atoms with Gasteiger partial charge in [-0.25, -0.2) is 4.98 Å². The number of hydrogen-bond donors (Lipinski definition) is 0. The third-order valence-corrected chi connectivity index (χ3v) is 3.88. The molecule has 1 aromatic heterocycles. The number of nitrogens with zero attached hydrogens (tertiary/aromatic N) is 3. The van der Waals surface area contributed by atoms with Crippen LogP contribution in [0.5, 0.6) is 11.5 Å². The summed E-state index contributed by atoms with van der Waals surface area (Å²) in [6, 6.07) is 21.1. The number of para-hydroxylation sites is 2. The lowest BCUT2D eigenvalue weighted by molar-refractivity contribution is -0.384. The second-order valence-corrected chi connectivity index (χ2v) is 5.62. The molecule has 0 fully saturated rings. The Hall–Kier alpha value is -3.80. The fourth-order valence-corrected chi connectivity index (χ4v) is 2.56. The van der Waals surface area contributed by atoms with Gasteiger partial charge in [-0.05, 0) is 48.5 Å². The van der Waals surface area contributed by atoms with Gasteiger partial charge in [-0.1, -0.05) is 12.1 Å². The van der Waals surface area contributed by atoms with Gasteiger partial charge in [0.15, 0.2) is 0 Å². The molecular formula is C20H13N3O3. The first-order valence-electron chi connectivity index (χ1n) is 7.93. The van der Waals surface area contributed by atoms with E-state index in [-0.39, 0.29) is 5.69 Å². The lowest BCUT2D eigenvalue weighted by Crippen LogP contribution is -1.90. The molecule has 6 heteroatoms. The molecule has 0 aliphatic rings. The van der Waals surface area contributed by atoms with Gasteiger partial charge in [0.2, 0.25) is 0 Å². The van der Waals surface area contributed by atoms with E-state index in [0.717, 1.165) is 22.3 Å². The average Bonchev–Trinajstić information content (AvgIpc) is 2.68. The molecule has 0 bridgehead atoms. The fourth-order valence-electron chi connectivity index (χ4n) is 2.56. The van der Waals surface area contributed by atoms with E-state index in [9.17, 15) is 10.1 Å². The second kappa shape index (κ2) is 6.60. The number of nitro benzene ring substituents is 1. The Morgan fingerprint density at radius 3 is 2.08 bits per heavy atom. The van der Waals surface area contributed by atoms with Crippen molar-refractivity contribution in [2.75, 3.05) is 0 Å². The molecule has 0 saturated carbocycles. The highest BCUT2D eigenvalue weighted by molar-refractivity contribution is 5.76. The van der Waals surface area contributed by atoms with Crippen molar-refractivity contribution in [3.63, 3.8) is 0 Å². The molecule has 26 heavy (non-hydrogen) atoms. The summed E-state index contributed by atoms with van der Waals surface area (Å²) in [5, 5.41) is 10.7. The normalized spacial score (nSPS) is 10.6. The maximum atomic E-state index is 10.7. The van der Waals surface area contributed by atoms with Crippen molar-refractivity contribution in [1.82, 2.24) is 9.97 Å². The van der Waals surface area contributed by atoms with Gasteiger partial charge in [0, 0.05) is 17.7 Å². The van der Waals surface area contributed by atoms with Crippen molar-refractivity contribution in [2.45, 2.75) is 0 Å². The van der Waals surface area contributed by atoms with E-state index in [1.54, 1.807) is 18.3 Å². The van der Waals surface area contributed by atoms with E-state index >= 15 is 0 Å². The quantitative estimate of drug-likeness (QED) is 0.385. The van der Waals surface area contributed by atoms with E-state index in [0.29, 0.717) is 11.5 Å². The topological polar surface area (TPSA) is 78.2 Å². The molecule has 3 aromatic carbocycles. The van der Waals surface area contributed by atoms with Crippen molar-refractivity contribution in [2.24, 2.45) is 0 Å². The predicted molar refractivity (Wildman–Crippen MR) is 98.1 cm³/mol. The van der Waals surface area contributed by atoms with Crippen molar-refractivity contribution >= 4 is 16.7 Å². The number of ether oxygens (including phenoxy) is 1. The first kappa shape index (κ1) is 15.7. The van der Waals surface area contributed by atoms with E-state index in [1.807, 2.05) is 48.5 Å². The Kier molecular flexibility index (Phi) is 3.99. The number of fused-ring (bicyclic) bond motifs is 1. The maximum Gasteiger partial charge on any atom is 0.269 e. The SMILES string of the molecule is O=[N+]([O-])c1ccc(Oc2ccc(-c3cnc4ccccc4n3)cc2)cc1. The Balaban J connectivity index is 1.54. The lowest BCUT2D eigenvalue weighted by atomic mass is 10.1. The Morgan fingerprint density at radius 2 is 1.42 bits per heavy atom. The summed E-state index contributed by atoms with van der Waals surface area (Å²) in [5.74, 6) is 1.17. The smallest absolute Gasteiger partial charge is 0.269 e. The number of rotatable bonds is 4. The molecule has 4 rings (SSSR count). The summed E-state index contributed by atoms with van der Waals surface area (Å²) < 4.78 is 5.72. The van der Waals surface area contributed by atoms with Crippen LogP contribution in [0, 0.1) is 10.1 Å². The monoisotopic (exact) mass is 343 g/mol. The minimum atomic E-state index is -0.441. The molecule has 0 amide bonds. The molecule has 0 radical (unpaired) electrons. The van der Waals surface area contributed by atoms with Gasteiger partial charge < -0.3 is 4.74 Å². The van der Waals surface area contributed by atoms with Crippen LogP contribution in [-0.2, 0) is 0 Å². The van der Waals surface area contributed by atoms with E-state index < -0.39 is 4.92 Å². The predicted octanol–water partition coefficient (Wildman–Crippen LogP) is 5.00. The van der Waals surface area contributed by atoms with Gasteiger partial charge in [-0.2, -0.15) is 0 Å². The van der Waals surface area contributed by atoms with Crippen LogP contribution in [-0.4, -0.2) is 14.9 Å². The zero-order chi connectivity index (χ0) is 17.9. The first-order valence-corrected chi connectivity index (χ1v) is 7.93. The maximum absolute atomic E-state index is 10.7. The van der Waals surface area contributed by atoms with Crippen LogP contribution in [0.25, 0.3) is 22.3 Å². The van der Waals surface area contributed by atoms with Gasteiger partial charge in [-0.15, -0.1) is 0 Å². The molecule has 0 aliphatic heterocycles. The highest BCUT2D eigenvalue weighted by Crippen LogP contribution is 2.26. The zero-order valence-electron chi connectivity index (χ0n) is 13.6. The van der Waals surface area contributed by atoms with Crippen LogP contribution in [0.1, 0.15) is 0 Å². The van der Waals surface area contributed by atoms with Gasteiger partial charge in [-0.3, -0.25) is 15.1 Å². The summed E-state index contributed by atoms with van der Waals surface area (Å²) >= 11 is 0. The van der Waals surface area contributed by atoms with Gasteiger partial charge in [0.1, 0.15) is 11.5 Å². The third kappa shape index (κ3) is 3.21. The Morgan fingerprint density at radius 1 is 0.808 bits per heavy atom. The van der Waals surface area contributed by atoms with E-state index in [1.165, 1.54) is 12.1 Å². The minimum Gasteiger partial charge on any atom is -0.457 e. The number of aromatic nitrogens is 2. The standard InChI is InChI=1S/C20H13N3O3/c24-23(25)15-7-11-17(12-8-15)26-16-9-5-14(6-10-16)20-13-21-18-3-1-2-4-19(18)22-20/h1-13H. The highest BCUT2D eigenvalue weighted by atomic mass is 16.6. The van der Waals surface area contributed by atoms with Crippen molar-refractivity contribution in [1.29, 1.82) is 0 Å². The summed E-state index contributed by atoms with van der Waals surface area (Å²) in [6.45, 7) is 0. The van der Waals surface area contributed by atoms with Crippen LogP contribution in [0.15, 0.2) is 79.0 Å². The van der Waals surface area contributed by atoms with Crippen molar-refractivity contribution < 1.29 is 9.66 Å². The lowest BCUT2D eigenvalue weighted by Gasteiger charge is -2.07. The van der Waals surface area contributed by atoms with E-state index in [2.05, 4.69) is 9.97 Å². The van der Waals surface area contributed by atoms with Gasteiger partial charge in [0.05, 0.1) is 27.8 Å². The average molecular weight is 343 g/mol. The number of hydrogen-bond acceptors (Lipinski definition) is 5. The Labute approximate surface area is 148 Å². The molecular weight excluding hydrogens is 330 g/mol. The largest absolute Gasteiger partial charge is 0.457 e. The molecule has 4 aromatic rings. The van der Waals surface area contributed by atoms with Crippen LogP contribution in [0.2, 0.25) is 0 Å². The highest BCUT2D eigenvalue weighted by Gasteiger charge is 2.06. The number of non-ortho nitro benzene ring substituents is 1. The van der Waals surface area contributed by atoms with Crippen LogP contribution in [0.4, 0.5) is 5.69 Å². The van der Waals surface area contributed by atoms with E-state index in [4.69, 9.17) is 4.74 Å². The number of benzene rings is 3.